The summed E-state index contributed by atoms with van der Waals surface area (Å²) < 4.78 is 24.4. The molecule has 0 radical (unpaired) electrons. The minimum Gasteiger partial charge on any atom is -0.493 e. The Balaban J connectivity index is 2.48. The van der Waals surface area contributed by atoms with E-state index in [-0.39, 0.29) is 0 Å². The van der Waals surface area contributed by atoms with Crippen LogP contribution in [0.2, 0.25) is 0 Å². The maximum atomic E-state index is 14.1. The zero-order valence-electron chi connectivity index (χ0n) is 10.9. The van der Waals surface area contributed by atoms with Crippen LogP contribution in [0.25, 0.3) is 0 Å². The zero-order chi connectivity index (χ0) is 14.0. The molecule has 2 rings (SSSR count). The van der Waals surface area contributed by atoms with E-state index in [2.05, 4.69) is 0 Å². The molecule has 1 unspecified atom stereocenters. The number of thiophene rings is 1. The quantitative estimate of drug-likeness (QED) is 0.772. The van der Waals surface area contributed by atoms with Crippen LogP contribution in [-0.2, 0) is 0 Å². The first-order valence-corrected chi connectivity index (χ1v) is 7.04. The van der Waals surface area contributed by atoms with Crippen LogP contribution in [0.4, 0.5) is 4.39 Å². The second kappa shape index (κ2) is 5.80. The van der Waals surface area contributed by atoms with Gasteiger partial charge in [0.2, 0.25) is 0 Å². The first kappa shape index (κ1) is 14.2. The third-order valence-corrected chi connectivity index (χ3v) is 4.29. The van der Waals surface area contributed by atoms with E-state index in [9.17, 15) is 4.39 Å². The lowest BCUT2D eigenvalue weighted by Gasteiger charge is -2.15. The minimum atomic E-state index is -0.536. The van der Waals surface area contributed by atoms with Gasteiger partial charge in [-0.1, -0.05) is 0 Å². The third-order valence-electron chi connectivity index (χ3n) is 2.94. The molecule has 0 aliphatic carbocycles. The number of halogens is 2. The van der Waals surface area contributed by atoms with Gasteiger partial charge in [0.15, 0.2) is 11.5 Å². The molecule has 0 fully saturated rings. The highest BCUT2D eigenvalue weighted by Crippen LogP contribution is 2.39. The highest BCUT2D eigenvalue weighted by molar-refractivity contribution is 7.08. The van der Waals surface area contributed by atoms with Crippen molar-refractivity contribution in [3.05, 3.63) is 45.4 Å². The fourth-order valence-corrected chi connectivity index (χ4v) is 3.22. The van der Waals surface area contributed by atoms with Gasteiger partial charge in [-0.2, -0.15) is 11.3 Å². The van der Waals surface area contributed by atoms with Gasteiger partial charge in [-0.05, 0) is 34.9 Å². The molecular formula is C14H14ClFO2S. The van der Waals surface area contributed by atoms with Crippen molar-refractivity contribution in [2.24, 2.45) is 0 Å². The lowest BCUT2D eigenvalue weighted by molar-refractivity contribution is 0.351. The summed E-state index contributed by atoms with van der Waals surface area (Å²) in [6.45, 7) is 1.96. The molecule has 0 saturated heterocycles. The summed E-state index contributed by atoms with van der Waals surface area (Å²) in [5, 5.41) is 3.39. The maximum absolute atomic E-state index is 14.1. The fraction of sp³-hybridized carbons (Fsp3) is 0.286. The molecule has 19 heavy (non-hydrogen) atoms. The first-order valence-electron chi connectivity index (χ1n) is 5.66. The van der Waals surface area contributed by atoms with E-state index in [0.717, 1.165) is 11.1 Å². The van der Waals surface area contributed by atoms with E-state index < -0.39 is 11.2 Å². The maximum Gasteiger partial charge on any atom is 0.163 e. The Morgan fingerprint density at radius 3 is 2.26 bits per heavy atom. The smallest absolute Gasteiger partial charge is 0.163 e. The van der Waals surface area contributed by atoms with Gasteiger partial charge in [-0.3, -0.25) is 0 Å². The summed E-state index contributed by atoms with van der Waals surface area (Å²) in [5.41, 5.74) is 2.36. The molecule has 1 aromatic heterocycles. The summed E-state index contributed by atoms with van der Waals surface area (Å²) in [4.78, 5) is 0. The first-order chi connectivity index (χ1) is 9.08. The summed E-state index contributed by atoms with van der Waals surface area (Å²) in [5.74, 6) is 0.426. The van der Waals surface area contributed by atoms with Gasteiger partial charge in [0.05, 0.1) is 19.6 Å². The summed E-state index contributed by atoms with van der Waals surface area (Å²) >= 11 is 7.93. The van der Waals surface area contributed by atoms with Gasteiger partial charge in [0, 0.05) is 11.6 Å². The predicted molar refractivity (Wildman–Crippen MR) is 76.3 cm³/mol. The third kappa shape index (κ3) is 2.69. The van der Waals surface area contributed by atoms with Crippen LogP contribution in [-0.4, -0.2) is 14.2 Å². The summed E-state index contributed by atoms with van der Waals surface area (Å²) in [6.07, 6.45) is 0. The van der Waals surface area contributed by atoms with E-state index in [4.69, 9.17) is 21.1 Å². The molecule has 0 bridgehead atoms. The van der Waals surface area contributed by atoms with Crippen LogP contribution in [0.15, 0.2) is 22.9 Å². The van der Waals surface area contributed by atoms with E-state index in [0.29, 0.717) is 17.1 Å². The van der Waals surface area contributed by atoms with E-state index in [1.54, 1.807) is 17.4 Å². The molecule has 0 amide bonds. The Hall–Kier alpha value is -1.26. The Morgan fingerprint density at radius 2 is 1.74 bits per heavy atom. The van der Waals surface area contributed by atoms with Crippen LogP contribution in [0.3, 0.4) is 0 Å². The Labute approximate surface area is 120 Å². The zero-order valence-corrected chi connectivity index (χ0v) is 12.4. The lowest BCUT2D eigenvalue weighted by Crippen LogP contribution is -2.00. The van der Waals surface area contributed by atoms with Crippen LogP contribution in [0.5, 0.6) is 11.5 Å². The highest BCUT2D eigenvalue weighted by Gasteiger charge is 2.20. The van der Waals surface area contributed by atoms with Crippen molar-refractivity contribution < 1.29 is 13.9 Å². The van der Waals surface area contributed by atoms with Gasteiger partial charge in [-0.25, -0.2) is 4.39 Å². The van der Waals surface area contributed by atoms with Crippen molar-refractivity contribution in [3.63, 3.8) is 0 Å². The van der Waals surface area contributed by atoms with Gasteiger partial charge in [0.25, 0.3) is 0 Å². The molecule has 0 aliphatic heterocycles. The molecule has 0 N–H and O–H groups in total. The normalized spacial score (nSPS) is 12.3. The number of methoxy groups -OCH3 is 2. The van der Waals surface area contributed by atoms with Crippen molar-refractivity contribution in [1.29, 1.82) is 0 Å². The van der Waals surface area contributed by atoms with E-state index in [1.165, 1.54) is 20.3 Å². The number of rotatable bonds is 4. The van der Waals surface area contributed by atoms with Gasteiger partial charge in [-0.15, -0.1) is 11.6 Å². The average molecular weight is 301 g/mol. The van der Waals surface area contributed by atoms with Crippen molar-refractivity contribution in [3.8, 4) is 11.5 Å². The molecule has 1 heterocycles. The molecular weight excluding hydrogens is 287 g/mol. The van der Waals surface area contributed by atoms with Crippen LogP contribution >= 0.6 is 22.9 Å². The Kier molecular flexibility index (Phi) is 4.32. The minimum absolute atomic E-state index is 0.356. The predicted octanol–water partition coefficient (Wildman–Crippen LogP) is 4.54. The lowest BCUT2D eigenvalue weighted by atomic mass is 10.0. The summed E-state index contributed by atoms with van der Waals surface area (Å²) in [7, 11) is 2.98. The summed E-state index contributed by atoms with van der Waals surface area (Å²) in [6, 6.07) is 2.88. The van der Waals surface area contributed by atoms with Gasteiger partial charge >= 0.3 is 0 Å². The fourth-order valence-electron chi connectivity index (χ4n) is 1.86. The highest BCUT2D eigenvalue weighted by atomic mass is 35.5. The molecule has 5 heteroatoms. The number of benzene rings is 1. The number of alkyl halides is 1. The molecule has 102 valence electrons. The van der Waals surface area contributed by atoms with Gasteiger partial charge in [0.1, 0.15) is 5.82 Å². The van der Waals surface area contributed by atoms with E-state index in [1.807, 2.05) is 17.7 Å². The van der Waals surface area contributed by atoms with E-state index >= 15 is 0 Å². The van der Waals surface area contributed by atoms with Crippen LogP contribution in [0.1, 0.15) is 22.1 Å². The second-order valence-corrected chi connectivity index (χ2v) is 5.28. The number of ether oxygens (including phenoxy) is 2. The average Bonchev–Trinajstić information content (AvgIpc) is 2.83. The van der Waals surface area contributed by atoms with Crippen LogP contribution in [0, 0.1) is 12.7 Å². The molecule has 2 nitrogen and oxygen atoms in total. The standard InChI is InChI=1S/C14H14ClFO2S/c1-8-6-19-7-10(8)14(15)9-4-12(17-2)13(18-3)5-11(9)16/h4-7,14H,1-3H3. The molecule has 1 atom stereocenters. The Morgan fingerprint density at radius 1 is 1.11 bits per heavy atom. The molecule has 0 spiro atoms. The molecule has 1 aromatic carbocycles. The van der Waals surface area contributed by atoms with Crippen molar-refractivity contribution >= 4 is 22.9 Å². The topological polar surface area (TPSA) is 18.5 Å². The number of hydrogen-bond acceptors (Lipinski definition) is 3. The number of hydrogen-bond donors (Lipinski definition) is 0. The van der Waals surface area contributed by atoms with Crippen LogP contribution < -0.4 is 9.47 Å². The number of aryl methyl sites for hydroxylation is 1. The van der Waals surface area contributed by atoms with Crippen molar-refractivity contribution in [2.45, 2.75) is 12.3 Å². The van der Waals surface area contributed by atoms with Crippen molar-refractivity contribution in [1.82, 2.24) is 0 Å². The Bertz CT molecular complexity index is 583. The molecule has 0 aliphatic rings. The second-order valence-electron chi connectivity index (χ2n) is 4.10. The van der Waals surface area contributed by atoms with Gasteiger partial charge < -0.3 is 9.47 Å². The van der Waals surface area contributed by atoms with Crippen molar-refractivity contribution in [2.75, 3.05) is 14.2 Å². The monoisotopic (exact) mass is 300 g/mol. The molecule has 0 saturated carbocycles. The molecule has 2 aromatic rings. The largest absolute Gasteiger partial charge is 0.493 e. The SMILES string of the molecule is COc1cc(F)c(C(Cl)c2cscc2C)cc1OC.